The summed E-state index contributed by atoms with van der Waals surface area (Å²) in [6, 6.07) is 0. The minimum absolute atomic E-state index is 0.597. The van der Waals surface area contributed by atoms with Gasteiger partial charge in [0.1, 0.15) is 16.9 Å². The van der Waals surface area contributed by atoms with Gasteiger partial charge in [0.05, 0.1) is 0 Å². The molecule has 0 aromatic carbocycles. The molecule has 0 aliphatic rings. The van der Waals surface area contributed by atoms with Crippen LogP contribution in [0.15, 0.2) is 0 Å². The molecule has 0 aliphatic heterocycles. The quantitative estimate of drug-likeness (QED) is 0.371. The molecule has 0 spiro atoms. The lowest BCUT2D eigenvalue weighted by molar-refractivity contribution is 1.81. The van der Waals surface area contributed by atoms with E-state index in [0.717, 1.165) is 0 Å². The fourth-order valence-corrected chi connectivity index (χ4v) is 3.25. The highest BCUT2D eigenvalue weighted by molar-refractivity contribution is 6.85. The van der Waals surface area contributed by atoms with Crippen LogP contribution in [0.1, 0.15) is 0 Å². The monoisotopic (exact) mass is 156 g/mol. The summed E-state index contributed by atoms with van der Waals surface area (Å²) < 4.78 is 0. The van der Waals surface area contributed by atoms with Gasteiger partial charge in [0, 0.05) is 0 Å². The summed E-state index contributed by atoms with van der Waals surface area (Å²) in [4.78, 5) is 0. The fraction of sp³-hybridized carbons (Fsp3) is 0.714. The molecule has 0 rings (SSSR count). The summed E-state index contributed by atoms with van der Waals surface area (Å²) in [6.07, 6.45) is 0. The van der Waals surface area contributed by atoms with Gasteiger partial charge in [-0.05, 0) is 0 Å². The van der Waals surface area contributed by atoms with Crippen molar-refractivity contribution in [2.45, 2.75) is 32.7 Å². The van der Waals surface area contributed by atoms with Crippen molar-refractivity contribution in [1.82, 2.24) is 0 Å². The molecule has 0 unspecified atom stereocenters. The van der Waals surface area contributed by atoms with Crippen LogP contribution in [-0.4, -0.2) is 16.9 Å². The first-order valence-electron chi connectivity index (χ1n) is 3.44. The fourth-order valence-electron chi connectivity index (χ4n) is 0.361. The normalized spacial score (nSPS) is 10.9. The predicted octanol–water partition coefficient (Wildman–Crippen LogP) is 1.89. The van der Waals surface area contributed by atoms with Crippen LogP contribution < -0.4 is 0 Å². The lowest BCUT2D eigenvalue weighted by atomic mass is 11.4. The van der Waals surface area contributed by atoms with E-state index in [2.05, 4.69) is 43.8 Å². The maximum atomic E-state index is 3.37. The van der Waals surface area contributed by atoms with E-state index in [1.54, 1.807) is 0 Å². The van der Waals surface area contributed by atoms with Crippen molar-refractivity contribution in [2.75, 3.05) is 0 Å². The first-order chi connectivity index (χ1) is 3.92. The molecule has 0 radical (unpaired) electrons. The van der Waals surface area contributed by atoms with Gasteiger partial charge in [0.15, 0.2) is 0 Å². The summed E-state index contributed by atoms with van der Waals surface area (Å²) in [5.41, 5.74) is 6.71. The molecule has 2 heteroatoms. The van der Waals surface area contributed by atoms with Crippen molar-refractivity contribution in [3.8, 4) is 11.1 Å². The van der Waals surface area contributed by atoms with Crippen molar-refractivity contribution in [3.63, 3.8) is 0 Å². The predicted molar refractivity (Wildman–Crippen MR) is 50.0 cm³/mol. The van der Waals surface area contributed by atoms with E-state index in [1.165, 1.54) is 0 Å². The van der Waals surface area contributed by atoms with Crippen LogP contribution in [0.2, 0.25) is 32.7 Å². The van der Waals surface area contributed by atoms with Gasteiger partial charge < -0.3 is 0 Å². The minimum Gasteiger partial charge on any atom is -0.143 e. The van der Waals surface area contributed by atoms with Crippen molar-refractivity contribution in [2.24, 2.45) is 0 Å². The van der Waals surface area contributed by atoms with Gasteiger partial charge in [-0.1, -0.05) is 32.7 Å². The van der Waals surface area contributed by atoms with Crippen LogP contribution in [-0.2, 0) is 0 Å². The first-order valence-corrected chi connectivity index (χ1v) is 9.83. The smallest absolute Gasteiger partial charge is 0.128 e. The highest BCUT2D eigenvalue weighted by Crippen LogP contribution is 1.96. The number of hydrogen-bond donors (Lipinski definition) is 0. The van der Waals surface area contributed by atoms with E-state index in [4.69, 9.17) is 0 Å². The summed E-state index contributed by atoms with van der Waals surface area (Å²) in [5, 5.41) is 0. The van der Waals surface area contributed by atoms with Crippen molar-refractivity contribution < 1.29 is 0 Å². The van der Waals surface area contributed by atoms with E-state index in [0.29, 0.717) is 0 Å². The van der Waals surface area contributed by atoms with Crippen LogP contribution in [0.3, 0.4) is 0 Å². The minimum atomic E-state index is -1.05. The molecule has 0 saturated carbocycles. The first kappa shape index (κ1) is 8.99. The zero-order chi connectivity index (χ0) is 7.49. The highest BCUT2D eigenvalue weighted by Gasteiger charge is 2.07. The molecule has 0 aromatic rings. The molecular formula is C7H16Si2. The third-order valence-corrected chi connectivity index (χ3v) is 2.64. The molecule has 0 amide bonds. The van der Waals surface area contributed by atoms with Crippen molar-refractivity contribution >= 4 is 16.9 Å². The molecule has 0 fully saturated rings. The maximum Gasteiger partial charge on any atom is 0.128 e. The Morgan fingerprint density at radius 2 is 1.56 bits per heavy atom. The Kier molecular flexibility index (Phi) is 3.23. The molecular weight excluding hydrogens is 140 g/mol. The Bertz CT molecular complexity index is 131. The second-order valence-corrected chi connectivity index (χ2v) is 11.0. The molecule has 0 atom stereocenters. The lowest BCUT2D eigenvalue weighted by Gasteiger charge is -2.03. The van der Waals surface area contributed by atoms with Crippen LogP contribution in [0, 0.1) is 11.1 Å². The van der Waals surface area contributed by atoms with Gasteiger partial charge in [0.25, 0.3) is 0 Å². The van der Waals surface area contributed by atoms with Gasteiger partial charge in [-0.15, -0.1) is 11.1 Å². The zero-order valence-corrected chi connectivity index (χ0v) is 9.23. The Labute approximate surface area is 61.3 Å². The van der Waals surface area contributed by atoms with E-state index >= 15 is 0 Å². The van der Waals surface area contributed by atoms with Gasteiger partial charge in [-0.25, -0.2) is 0 Å². The summed E-state index contributed by atoms with van der Waals surface area (Å²) in [7, 11) is -1.64. The molecule has 0 heterocycles. The lowest BCUT2D eigenvalue weighted by Crippen LogP contribution is -2.17. The molecule has 0 saturated heterocycles. The third-order valence-electron chi connectivity index (χ3n) is 0.736. The summed E-state index contributed by atoms with van der Waals surface area (Å²) in [5.74, 6) is 0. The molecule has 0 N–H and O–H groups in total. The second kappa shape index (κ2) is 3.24. The van der Waals surface area contributed by atoms with Gasteiger partial charge in [-0.3, -0.25) is 0 Å². The zero-order valence-electron chi connectivity index (χ0n) is 7.08. The van der Waals surface area contributed by atoms with E-state index < -0.39 is 16.9 Å². The standard InChI is InChI=1S/C7H16Si2/c1-8(2)6-7-9(3,4)5/h8H,1-5H3. The van der Waals surface area contributed by atoms with Crippen LogP contribution in [0.5, 0.6) is 0 Å². The van der Waals surface area contributed by atoms with Gasteiger partial charge in [0.2, 0.25) is 0 Å². The average molecular weight is 156 g/mol. The Hall–Kier alpha value is -0.00623. The molecule has 0 nitrogen and oxygen atoms in total. The molecule has 0 aromatic heterocycles. The van der Waals surface area contributed by atoms with E-state index in [-0.39, 0.29) is 0 Å². The topological polar surface area (TPSA) is 0 Å². The maximum absolute atomic E-state index is 3.37. The van der Waals surface area contributed by atoms with Gasteiger partial charge >= 0.3 is 0 Å². The summed E-state index contributed by atoms with van der Waals surface area (Å²) >= 11 is 0. The Balaban J connectivity index is 3.88. The molecule has 0 aliphatic carbocycles. The summed E-state index contributed by atoms with van der Waals surface area (Å²) in [6.45, 7) is 11.4. The third kappa shape index (κ3) is 7.99. The highest BCUT2D eigenvalue weighted by atomic mass is 28.3. The SMILES string of the molecule is C[SiH](C)C#C[Si](C)(C)C. The van der Waals surface area contributed by atoms with Crippen LogP contribution in [0.4, 0.5) is 0 Å². The number of hydrogen-bond acceptors (Lipinski definition) is 0. The second-order valence-electron chi connectivity index (χ2n) is 3.67. The van der Waals surface area contributed by atoms with Crippen molar-refractivity contribution in [1.29, 1.82) is 0 Å². The molecule has 52 valence electrons. The Morgan fingerprint density at radius 3 is 1.67 bits per heavy atom. The average Bonchev–Trinajstić information content (AvgIpc) is 1.59. The largest absolute Gasteiger partial charge is 0.143 e. The van der Waals surface area contributed by atoms with Crippen LogP contribution >= 0.6 is 0 Å². The molecule has 0 bridgehead atoms. The number of rotatable bonds is 0. The van der Waals surface area contributed by atoms with E-state index in [9.17, 15) is 0 Å². The van der Waals surface area contributed by atoms with Crippen molar-refractivity contribution in [3.05, 3.63) is 0 Å². The Morgan fingerprint density at radius 1 is 1.11 bits per heavy atom. The van der Waals surface area contributed by atoms with Crippen LogP contribution in [0.25, 0.3) is 0 Å². The molecule has 9 heavy (non-hydrogen) atoms. The van der Waals surface area contributed by atoms with Gasteiger partial charge in [-0.2, -0.15) is 0 Å². The van der Waals surface area contributed by atoms with E-state index in [1.807, 2.05) is 0 Å².